The van der Waals surface area contributed by atoms with Gasteiger partial charge in [0.2, 0.25) is 0 Å². The number of ether oxygens (including phenoxy) is 1. The molecule has 9 heteroatoms. The minimum absolute atomic E-state index is 0.144. The highest BCUT2D eigenvalue weighted by atomic mass is 35.5. The van der Waals surface area contributed by atoms with Gasteiger partial charge in [0.25, 0.3) is 5.56 Å². The van der Waals surface area contributed by atoms with Gasteiger partial charge in [-0.1, -0.05) is 41.9 Å². The van der Waals surface area contributed by atoms with E-state index in [1.807, 2.05) is 36.4 Å². The van der Waals surface area contributed by atoms with Gasteiger partial charge in [0.1, 0.15) is 12.1 Å². The van der Waals surface area contributed by atoms with Gasteiger partial charge in [-0.05, 0) is 23.8 Å². The Hall–Kier alpha value is -3.78. The van der Waals surface area contributed by atoms with Crippen molar-refractivity contribution in [2.24, 2.45) is 0 Å². The molecule has 0 saturated heterocycles. The van der Waals surface area contributed by atoms with Crippen LogP contribution in [0.5, 0.6) is 5.75 Å². The molecule has 0 aliphatic carbocycles. The zero-order valence-electron chi connectivity index (χ0n) is 15.9. The van der Waals surface area contributed by atoms with Crippen LogP contribution in [0.25, 0.3) is 27.9 Å². The van der Waals surface area contributed by atoms with E-state index in [2.05, 4.69) is 20.3 Å². The first-order chi connectivity index (χ1) is 14.7. The molecule has 0 atom stereocenters. The van der Waals surface area contributed by atoms with Gasteiger partial charge >= 0.3 is 0 Å². The summed E-state index contributed by atoms with van der Waals surface area (Å²) in [6, 6.07) is 14.9. The lowest BCUT2D eigenvalue weighted by Crippen LogP contribution is -2.23. The van der Waals surface area contributed by atoms with Crippen molar-refractivity contribution in [3.8, 4) is 16.9 Å². The Morgan fingerprint density at radius 3 is 2.63 bits per heavy atom. The van der Waals surface area contributed by atoms with E-state index in [9.17, 15) is 4.79 Å². The highest BCUT2D eigenvalue weighted by Crippen LogP contribution is 2.25. The van der Waals surface area contributed by atoms with Gasteiger partial charge in [-0.15, -0.1) is 10.2 Å². The minimum Gasteiger partial charge on any atom is -0.496 e. The predicted octanol–water partition coefficient (Wildman–Crippen LogP) is 3.21. The second kappa shape index (κ2) is 7.23. The molecule has 0 bridgehead atoms. The quantitative estimate of drug-likeness (QED) is 0.445. The maximum Gasteiger partial charge on any atom is 0.283 e. The molecule has 0 aliphatic heterocycles. The Balaban J connectivity index is 1.62. The van der Waals surface area contributed by atoms with Crippen molar-refractivity contribution in [3.63, 3.8) is 0 Å². The molecule has 0 radical (unpaired) electrons. The summed E-state index contributed by atoms with van der Waals surface area (Å²) in [5.41, 5.74) is 3.24. The first-order valence-corrected chi connectivity index (χ1v) is 9.51. The van der Waals surface area contributed by atoms with Crippen LogP contribution in [0.3, 0.4) is 0 Å². The van der Waals surface area contributed by atoms with Crippen molar-refractivity contribution in [1.29, 1.82) is 0 Å². The molecule has 3 aromatic heterocycles. The largest absolute Gasteiger partial charge is 0.496 e. The molecule has 0 aliphatic rings. The van der Waals surface area contributed by atoms with Crippen molar-refractivity contribution in [1.82, 2.24) is 29.4 Å². The number of aromatic nitrogens is 6. The smallest absolute Gasteiger partial charge is 0.283 e. The van der Waals surface area contributed by atoms with Gasteiger partial charge in [-0.25, -0.2) is 4.98 Å². The second-order valence-corrected chi connectivity index (χ2v) is 7.10. The molecule has 0 N–H and O–H groups in total. The molecule has 5 rings (SSSR count). The lowest BCUT2D eigenvalue weighted by molar-refractivity contribution is 0.408. The van der Waals surface area contributed by atoms with Gasteiger partial charge in [-0.3, -0.25) is 9.36 Å². The van der Waals surface area contributed by atoms with Gasteiger partial charge in [0.15, 0.2) is 16.8 Å². The monoisotopic (exact) mass is 418 g/mol. The molecule has 0 spiro atoms. The van der Waals surface area contributed by atoms with E-state index in [4.69, 9.17) is 16.3 Å². The topological polar surface area (TPSA) is 87.2 Å². The zero-order chi connectivity index (χ0) is 20.7. The molecule has 8 nitrogen and oxygen atoms in total. The maximum absolute atomic E-state index is 13.0. The number of hydrogen-bond donors (Lipinski definition) is 0. The van der Waals surface area contributed by atoms with Gasteiger partial charge in [-0.2, -0.15) is 9.61 Å². The fourth-order valence-corrected chi connectivity index (χ4v) is 3.49. The van der Waals surface area contributed by atoms with Crippen LogP contribution in [0, 0.1) is 0 Å². The average Bonchev–Trinajstić information content (AvgIpc) is 3.21. The summed E-state index contributed by atoms with van der Waals surface area (Å²) in [6.07, 6.45) is 3.16. The minimum atomic E-state index is -0.302. The van der Waals surface area contributed by atoms with E-state index in [1.54, 1.807) is 25.4 Å². The van der Waals surface area contributed by atoms with Crippen LogP contribution < -0.4 is 10.3 Å². The molecule has 0 fully saturated rings. The van der Waals surface area contributed by atoms with E-state index in [0.717, 1.165) is 16.7 Å². The van der Waals surface area contributed by atoms with Gasteiger partial charge in [0, 0.05) is 16.1 Å². The van der Waals surface area contributed by atoms with Gasteiger partial charge < -0.3 is 4.74 Å². The normalized spacial score (nSPS) is 11.3. The number of fused-ring (bicyclic) bond motifs is 3. The second-order valence-electron chi connectivity index (χ2n) is 6.66. The number of benzene rings is 2. The molecule has 30 heavy (non-hydrogen) atoms. The fraction of sp³-hybridized carbons (Fsp3) is 0.0952. The van der Waals surface area contributed by atoms with Crippen LogP contribution >= 0.6 is 11.6 Å². The van der Waals surface area contributed by atoms with E-state index in [0.29, 0.717) is 28.6 Å². The summed E-state index contributed by atoms with van der Waals surface area (Å²) in [5, 5.41) is 13.4. The average molecular weight is 419 g/mol. The van der Waals surface area contributed by atoms with Crippen LogP contribution in [0.4, 0.5) is 0 Å². The summed E-state index contributed by atoms with van der Waals surface area (Å²) in [4.78, 5) is 17.5. The lowest BCUT2D eigenvalue weighted by Gasteiger charge is -2.10. The number of rotatable bonds is 4. The van der Waals surface area contributed by atoms with E-state index in [1.165, 1.54) is 15.4 Å². The number of nitrogens with zero attached hydrogens (tertiary/aromatic N) is 6. The summed E-state index contributed by atoms with van der Waals surface area (Å²) in [7, 11) is 1.60. The summed E-state index contributed by atoms with van der Waals surface area (Å²) in [5.74, 6) is 0.700. The van der Waals surface area contributed by atoms with Crippen LogP contribution in [0.15, 0.2) is 65.8 Å². The van der Waals surface area contributed by atoms with Crippen LogP contribution in [-0.4, -0.2) is 36.5 Å². The molecule has 0 unspecified atom stereocenters. The molecule has 0 amide bonds. The Kier molecular flexibility index (Phi) is 4.40. The van der Waals surface area contributed by atoms with Gasteiger partial charge in [0.05, 0.1) is 19.9 Å². The Bertz CT molecular complexity index is 1440. The summed E-state index contributed by atoms with van der Waals surface area (Å²) in [6.45, 7) is 0.306. The molecular formula is C21H15ClN6O2. The molecule has 148 valence electrons. The first kappa shape index (κ1) is 18.3. The van der Waals surface area contributed by atoms with E-state index < -0.39 is 0 Å². The Morgan fingerprint density at radius 2 is 1.83 bits per heavy atom. The highest BCUT2D eigenvalue weighted by Gasteiger charge is 2.16. The number of para-hydroxylation sites is 1. The molecule has 3 heterocycles. The lowest BCUT2D eigenvalue weighted by atomic mass is 10.1. The molecule has 0 saturated carbocycles. The SMILES string of the molecule is COc1ccccc1Cn1cnc2c(nnc3c(-c4ccc(Cl)cc4)cnn32)c1=O. The van der Waals surface area contributed by atoms with Crippen molar-refractivity contribution < 1.29 is 4.74 Å². The zero-order valence-corrected chi connectivity index (χ0v) is 16.6. The molecule has 2 aromatic carbocycles. The van der Waals surface area contributed by atoms with Crippen LogP contribution in [0.2, 0.25) is 5.02 Å². The first-order valence-electron chi connectivity index (χ1n) is 9.13. The Morgan fingerprint density at radius 1 is 1.03 bits per heavy atom. The third kappa shape index (κ3) is 2.98. The van der Waals surface area contributed by atoms with Crippen LogP contribution in [0.1, 0.15) is 5.56 Å². The van der Waals surface area contributed by atoms with E-state index in [-0.39, 0.29) is 11.1 Å². The van der Waals surface area contributed by atoms with Crippen molar-refractivity contribution >= 4 is 28.4 Å². The van der Waals surface area contributed by atoms with Crippen molar-refractivity contribution in [2.45, 2.75) is 6.54 Å². The number of hydrogen-bond acceptors (Lipinski definition) is 6. The summed E-state index contributed by atoms with van der Waals surface area (Å²) < 4.78 is 8.37. The molecule has 5 aromatic rings. The summed E-state index contributed by atoms with van der Waals surface area (Å²) >= 11 is 5.97. The standard InChI is InChI=1S/C21H15ClN6O2/c1-30-17-5-3-2-4-14(17)11-27-12-23-20-18(21(27)29)25-26-19-16(10-24-28(19)20)13-6-8-15(22)9-7-13/h2-10,12H,11H2,1H3. The van der Waals surface area contributed by atoms with Crippen molar-refractivity contribution in [3.05, 3.63) is 82.0 Å². The predicted molar refractivity (Wildman–Crippen MR) is 113 cm³/mol. The Labute approximate surface area is 175 Å². The number of methoxy groups -OCH3 is 1. The third-order valence-electron chi connectivity index (χ3n) is 4.87. The maximum atomic E-state index is 13.0. The fourth-order valence-electron chi connectivity index (χ4n) is 3.37. The highest BCUT2D eigenvalue weighted by molar-refractivity contribution is 6.30. The van der Waals surface area contributed by atoms with Crippen molar-refractivity contribution in [2.75, 3.05) is 7.11 Å². The third-order valence-corrected chi connectivity index (χ3v) is 5.12. The molecular weight excluding hydrogens is 404 g/mol. The van der Waals surface area contributed by atoms with E-state index >= 15 is 0 Å². The van der Waals surface area contributed by atoms with Crippen LogP contribution in [-0.2, 0) is 6.54 Å². The number of halogens is 1.